The molecule has 0 bridgehead atoms. The van der Waals surface area contributed by atoms with Crippen LogP contribution in [0.2, 0.25) is 10.0 Å². The summed E-state index contributed by atoms with van der Waals surface area (Å²) in [6.45, 7) is 8.25. The summed E-state index contributed by atoms with van der Waals surface area (Å²) < 4.78 is 7.07. The van der Waals surface area contributed by atoms with Crippen molar-refractivity contribution >= 4 is 34.8 Å². The van der Waals surface area contributed by atoms with E-state index in [4.69, 9.17) is 27.9 Å². The Balaban J connectivity index is 1.17. The number of aromatic nitrogens is 3. The van der Waals surface area contributed by atoms with Gasteiger partial charge in [-0.3, -0.25) is 9.69 Å². The number of carbonyl (C=O) groups is 1. The predicted molar refractivity (Wildman–Crippen MR) is 157 cm³/mol. The number of rotatable bonds is 13. The summed E-state index contributed by atoms with van der Waals surface area (Å²) in [5.74, 6) is 0.670. The van der Waals surface area contributed by atoms with Crippen LogP contribution in [0.1, 0.15) is 54.4 Å². The summed E-state index contributed by atoms with van der Waals surface area (Å²) >= 11 is 12.6. The smallest absolute Gasteiger partial charge is 0.273 e. The minimum absolute atomic E-state index is 0.143. The fourth-order valence-electron chi connectivity index (χ4n) is 4.90. The molecule has 1 aliphatic rings. The molecule has 1 saturated heterocycles. The summed E-state index contributed by atoms with van der Waals surface area (Å²) in [7, 11) is 1.65. The van der Waals surface area contributed by atoms with Crippen LogP contribution in [0, 0.1) is 0 Å². The standard InChI is InChI=1S/C29H38Cl2N6O2/c1-3-8-26-28(33-34-37(26)21-22-11-13-23(39-2)14-12-22)29(38)32-15-5-4-6-16-35-17-19-36(20-18-35)25-10-7-9-24(30)27(25)31/h7,9-14H,3-6,8,15-21H2,1-2H3,(H,32,38). The Morgan fingerprint density at radius 2 is 1.79 bits per heavy atom. The van der Waals surface area contributed by atoms with Crippen molar-refractivity contribution in [3.8, 4) is 5.75 Å². The number of anilines is 1. The van der Waals surface area contributed by atoms with Crippen LogP contribution in [0.3, 0.4) is 0 Å². The number of hydrogen-bond donors (Lipinski definition) is 1. The van der Waals surface area contributed by atoms with Crippen molar-refractivity contribution in [3.05, 3.63) is 69.5 Å². The van der Waals surface area contributed by atoms with Gasteiger partial charge in [0, 0.05) is 32.7 Å². The minimum Gasteiger partial charge on any atom is -0.497 e. The van der Waals surface area contributed by atoms with Gasteiger partial charge in [0.15, 0.2) is 5.69 Å². The highest BCUT2D eigenvalue weighted by molar-refractivity contribution is 6.43. The molecule has 1 aliphatic heterocycles. The maximum Gasteiger partial charge on any atom is 0.273 e. The zero-order chi connectivity index (χ0) is 27.6. The molecule has 4 rings (SSSR count). The molecule has 1 N–H and O–H groups in total. The molecule has 1 aromatic heterocycles. The monoisotopic (exact) mass is 572 g/mol. The molecule has 2 heterocycles. The molecule has 39 heavy (non-hydrogen) atoms. The molecule has 1 amide bonds. The number of benzene rings is 2. The van der Waals surface area contributed by atoms with Gasteiger partial charge in [-0.25, -0.2) is 4.68 Å². The third-order valence-corrected chi connectivity index (χ3v) is 7.92. The zero-order valence-electron chi connectivity index (χ0n) is 22.8. The maximum atomic E-state index is 12.9. The van der Waals surface area contributed by atoms with Gasteiger partial charge in [0.2, 0.25) is 0 Å². The Labute approximate surface area is 241 Å². The second-order valence-corrected chi connectivity index (χ2v) is 10.6. The maximum absolute atomic E-state index is 12.9. The Bertz CT molecular complexity index is 1210. The summed E-state index contributed by atoms with van der Waals surface area (Å²) in [5, 5.41) is 12.8. The fourth-order valence-corrected chi connectivity index (χ4v) is 5.31. The largest absolute Gasteiger partial charge is 0.497 e. The molecule has 210 valence electrons. The Kier molecular flexibility index (Phi) is 10.9. The molecule has 10 heteroatoms. The number of halogens is 2. The molecule has 0 spiro atoms. The lowest BCUT2D eigenvalue weighted by Crippen LogP contribution is -2.46. The first-order valence-electron chi connectivity index (χ1n) is 13.7. The van der Waals surface area contributed by atoms with E-state index in [9.17, 15) is 4.79 Å². The van der Waals surface area contributed by atoms with Crippen LogP contribution < -0.4 is 15.0 Å². The van der Waals surface area contributed by atoms with Gasteiger partial charge in [-0.15, -0.1) is 5.10 Å². The van der Waals surface area contributed by atoms with Crippen molar-refractivity contribution in [1.29, 1.82) is 0 Å². The number of piperazine rings is 1. The van der Waals surface area contributed by atoms with Crippen LogP contribution in [0.25, 0.3) is 0 Å². The highest BCUT2D eigenvalue weighted by Gasteiger charge is 2.20. The Morgan fingerprint density at radius 1 is 1.03 bits per heavy atom. The average Bonchev–Trinajstić information content (AvgIpc) is 3.35. The number of ether oxygens (including phenoxy) is 1. The van der Waals surface area contributed by atoms with E-state index in [-0.39, 0.29) is 5.91 Å². The van der Waals surface area contributed by atoms with Gasteiger partial charge in [-0.1, -0.05) is 66.4 Å². The fraction of sp³-hybridized carbons (Fsp3) is 0.483. The molecular formula is C29H38Cl2N6O2. The molecule has 2 aromatic carbocycles. The van der Waals surface area contributed by atoms with Crippen LogP contribution in [0.4, 0.5) is 5.69 Å². The second kappa shape index (κ2) is 14.5. The van der Waals surface area contributed by atoms with E-state index in [1.54, 1.807) is 7.11 Å². The Morgan fingerprint density at radius 3 is 2.51 bits per heavy atom. The Hall–Kier alpha value is -2.81. The summed E-state index contributed by atoms with van der Waals surface area (Å²) in [5.41, 5.74) is 3.41. The van der Waals surface area contributed by atoms with E-state index in [0.29, 0.717) is 28.8 Å². The van der Waals surface area contributed by atoms with Gasteiger partial charge in [0.1, 0.15) is 5.75 Å². The van der Waals surface area contributed by atoms with Crippen molar-refractivity contribution in [3.63, 3.8) is 0 Å². The normalized spacial score (nSPS) is 14.0. The lowest BCUT2D eigenvalue weighted by atomic mass is 10.1. The van der Waals surface area contributed by atoms with Crippen molar-refractivity contribution in [2.45, 2.75) is 45.6 Å². The molecule has 0 aliphatic carbocycles. The van der Waals surface area contributed by atoms with Gasteiger partial charge in [-0.2, -0.15) is 0 Å². The molecule has 0 radical (unpaired) electrons. The quantitative estimate of drug-likeness (QED) is 0.279. The van der Waals surface area contributed by atoms with E-state index in [0.717, 1.165) is 87.5 Å². The van der Waals surface area contributed by atoms with Crippen molar-refractivity contribution in [2.24, 2.45) is 0 Å². The number of carbonyl (C=O) groups excluding carboxylic acids is 1. The van der Waals surface area contributed by atoms with Gasteiger partial charge in [0.25, 0.3) is 5.91 Å². The lowest BCUT2D eigenvalue weighted by molar-refractivity contribution is 0.0946. The molecule has 1 fully saturated rings. The molecule has 8 nitrogen and oxygen atoms in total. The highest BCUT2D eigenvalue weighted by Crippen LogP contribution is 2.32. The van der Waals surface area contributed by atoms with E-state index < -0.39 is 0 Å². The van der Waals surface area contributed by atoms with Crippen LogP contribution in [0.15, 0.2) is 42.5 Å². The van der Waals surface area contributed by atoms with E-state index in [1.807, 2.05) is 47.1 Å². The third kappa shape index (κ3) is 7.87. The summed E-state index contributed by atoms with van der Waals surface area (Å²) in [6.07, 6.45) is 4.77. The van der Waals surface area contributed by atoms with Gasteiger partial charge in [-0.05, 0) is 55.6 Å². The van der Waals surface area contributed by atoms with Crippen LogP contribution in [-0.2, 0) is 13.0 Å². The molecule has 0 unspecified atom stereocenters. The first-order chi connectivity index (χ1) is 19.0. The number of unbranched alkanes of at least 4 members (excludes halogenated alkanes) is 2. The van der Waals surface area contributed by atoms with Gasteiger partial charge >= 0.3 is 0 Å². The number of amides is 1. The number of methoxy groups -OCH3 is 1. The SMILES string of the molecule is CCCc1c(C(=O)NCCCCCN2CCN(c3cccc(Cl)c3Cl)CC2)nnn1Cc1ccc(OC)cc1. The van der Waals surface area contributed by atoms with Crippen molar-refractivity contribution in [2.75, 3.05) is 51.3 Å². The summed E-state index contributed by atoms with van der Waals surface area (Å²) in [6, 6.07) is 13.7. The number of nitrogens with zero attached hydrogens (tertiary/aromatic N) is 5. The average molecular weight is 574 g/mol. The van der Waals surface area contributed by atoms with Gasteiger partial charge < -0.3 is 15.0 Å². The lowest BCUT2D eigenvalue weighted by Gasteiger charge is -2.36. The first-order valence-corrected chi connectivity index (χ1v) is 14.5. The minimum atomic E-state index is -0.143. The predicted octanol–water partition coefficient (Wildman–Crippen LogP) is 5.32. The first kappa shape index (κ1) is 29.2. The highest BCUT2D eigenvalue weighted by atomic mass is 35.5. The molecular weight excluding hydrogens is 535 g/mol. The van der Waals surface area contributed by atoms with E-state index >= 15 is 0 Å². The zero-order valence-corrected chi connectivity index (χ0v) is 24.3. The number of nitrogens with one attached hydrogen (secondary N) is 1. The molecule has 3 aromatic rings. The third-order valence-electron chi connectivity index (χ3n) is 7.11. The summed E-state index contributed by atoms with van der Waals surface area (Å²) in [4.78, 5) is 17.7. The van der Waals surface area contributed by atoms with Crippen LogP contribution in [-0.4, -0.2) is 72.2 Å². The van der Waals surface area contributed by atoms with Crippen molar-refractivity contribution in [1.82, 2.24) is 25.2 Å². The molecule has 0 atom stereocenters. The van der Waals surface area contributed by atoms with E-state index in [2.05, 4.69) is 32.4 Å². The topological polar surface area (TPSA) is 75.5 Å². The molecule has 0 saturated carbocycles. The van der Waals surface area contributed by atoms with Crippen molar-refractivity contribution < 1.29 is 9.53 Å². The van der Waals surface area contributed by atoms with Crippen LogP contribution in [0.5, 0.6) is 5.75 Å². The van der Waals surface area contributed by atoms with Crippen LogP contribution >= 0.6 is 23.2 Å². The number of hydrogen-bond acceptors (Lipinski definition) is 6. The second-order valence-electron chi connectivity index (χ2n) is 9.86. The van der Waals surface area contributed by atoms with Gasteiger partial charge in [0.05, 0.1) is 35.1 Å². The van der Waals surface area contributed by atoms with E-state index in [1.165, 1.54) is 0 Å².